The van der Waals surface area contributed by atoms with E-state index < -0.39 is 6.04 Å². The van der Waals surface area contributed by atoms with Gasteiger partial charge in [-0.15, -0.1) is 0 Å². The van der Waals surface area contributed by atoms with Crippen LogP contribution in [0.25, 0.3) is 0 Å². The summed E-state index contributed by atoms with van der Waals surface area (Å²) < 4.78 is 0. The average molecular weight is 332 g/mol. The van der Waals surface area contributed by atoms with Crippen LogP contribution < -0.4 is 11.1 Å². The largest absolute Gasteiger partial charge is 0.338 e. The Morgan fingerprint density at radius 2 is 1.71 bits per heavy atom. The number of anilines is 1. The zero-order valence-corrected chi connectivity index (χ0v) is 15.0. The van der Waals surface area contributed by atoms with Crippen LogP contribution in [0.15, 0.2) is 24.3 Å². The van der Waals surface area contributed by atoms with E-state index in [1.54, 1.807) is 9.80 Å². The van der Waals surface area contributed by atoms with E-state index in [4.69, 9.17) is 5.73 Å². The number of carbonyl (C=O) groups is 2. The Bertz CT molecular complexity index is 601. The number of hydrogen-bond donors (Lipinski definition) is 2. The van der Waals surface area contributed by atoms with Crippen molar-refractivity contribution >= 4 is 17.6 Å². The smallest absolute Gasteiger partial charge is 0.321 e. The van der Waals surface area contributed by atoms with Gasteiger partial charge in [0.25, 0.3) is 0 Å². The molecule has 3 amide bonds. The second-order valence-corrected chi connectivity index (χ2v) is 7.46. The molecule has 1 heterocycles. The first-order valence-corrected chi connectivity index (χ1v) is 8.35. The number of nitrogens with two attached hydrogens (primary N) is 1. The highest BCUT2D eigenvalue weighted by molar-refractivity contribution is 5.89. The number of aryl methyl sites for hydroxylation is 1. The fourth-order valence-electron chi connectivity index (χ4n) is 2.62. The number of carbonyl (C=O) groups excluding carboxylic acids is 2. The Balaban J connectivity index is 1.88. The minimum atomic E-state index is -0.523. The lowest BCUT2D eigenvalue weighted by molar-refractivity contribution is -0.136. The molecular formula is C18H28N4O2. The molecule has 0 unspecified atom stereocenters. The van der Waals surface area contributed by atoms with Gasteiger partial charge in [0.2, 0.25) is 5.91 Å². The molecule has 0 radical (unpaired) electrons. The predicted octanol–water partition coefficient (Wildman–Crippen LogP) is 2.04. The van der Waals surface area contributed by atoms with E-state index in [1.165, 1.54) is 0 Å². The van der Waals surface area contributed by atoms with E-state index >= 15 is 0 Å². The van der Waals surface area contributed by atoms with Crippen molar-refractivity contribution in [3.8, 4) is 0 Å². The molecule has 0 spiro atoms. The van der Waals surface area contributed by atoms with Gasteiger partial charge in [-0.3, -0.25) is 4.79 Å². The van der Waals surface area contributed by atoms with E-state index in [1.807, 2.05) is 52.0 Å². The van der Waals surface area contributed by atoms with Crippen LogP contribution in [0.1, 0.15) is 26.3 Å². The van der Waals surface area contributed by atoms with Gasteiger partial charge >= 0.3 is 6.03 Å². The van der Waals surface area contributed by atoms with Crippen molar-refractivity contribution in [3.05, 3.63) is 29.8 Å². The van der Waals surface area contributed by atoms with Crippen LogP contribution in [0, 0.1) is 12.3 Å². The molecule has 1 saturated heterocycles. The van der Waals surface area contributed by atoms with E-state index in [-0.39, 0.29) is 17.4 Å². The number of hydrogen-bond acceptors (Lipinski definition) is 3. The molecule has 0 bridgehead atoms. The molecule has 1 aromatic rings. The molecule has 1 aliphatic heterocycles. The summed E-state index contributed by atoms with van der Waals surface area (Å²) in [6, 6.07) is 7.04. The Labute approximate surface area is 144 Å². The van der Waals surface area contributed by atoms with Gasteiger partial charge in [0.15, 0.2) is 0 Å². The lowest BCUT2D eigenvalue weighted by Gasteiger charge is -2.38. The highest BCUT2D eigenvalue weighted by Gasteiger charge is 2.33. The first kappa shape index (κ1) is 18.3. The Hall–Kier alpha value is -2.08. The van der Waals surface area contributed by atoms with Gasteiger partial charge in [0.1, 0.15) is 0 Å². The van der Waals surface area contributed by atoms with Gasteiger partial charge in [-0.05, 0) is 30.0 Å². The first-order chi connectivity index (χ1) is 11.2. The molecule has 3 N–H and O–H groups in total. The molecule has 2 rings (SSSR count). The number of urea groups is 1. The number of piperazine rings is 1. The summed E-state index contributed by atoms with van der Waals surface area (Å²) in [5.74, 6) is -0.0405. The predicted molar refractivity (Wildman–Crippen MR) is 95.8 cm³/mol. The van der Waals surface area contributed by atoms with E-state index in [0.717, 1.165) is 11.3 Å². The molecule has 1 fully saturated rings. The third-order valence-corrected chi connectivity index (χ3v) is 4.35. The number of nitrogens with zero attached hydrogens (tertiary/aromatic N) is 2. The summed E-state index contributed by atoms with van der Waals surface area (Å²) in [5, 5.41) is 2.90. The topological polar surface area (TPSA) is 78.7 Å². The molecule has 0 saturated carbocycles. The van der Waals surface area contributed by atoms with Gasteiger partial charge in [-0.25, -0.2) is 4.79 Å². The number of rotatable bonds is 2. The lowest BCUT2D eigenvalue weighted by Crippen LogP contribution is -2.57. The maximum absolute atomic E-state index is 12.4. The summed E-state index contributed by atoms with van der Waals surface area (Å²) >= 11 is 0. The maximum Gasteiger partial charge on any atom is 0.321 e. The second-order valence-electron chi connectivity index (χ2n) is 7.46. The molecule has 0 aromatic heterocycles. The molecule has 1 atom stereocenters. The van der Waals surface area contributed by atoms with Crippen LogP contribution >= 0.6 is 0 Å². The van der Waals surface area contributed by atoms with Crippen molar-refractivity contribution < 1.29 is 9.59 Å². The SMILES string of the molecule is Cc1cccc(NC(=O)N2CCN(C(=O)[C@@H](N)C(C)(C)C)CC2)c1. The first-order valence-electron chi connectivity index (χ1n) is 8.35. The number of nitrogens with one attached hydrogen (secondary N) is 1. The number of benzene rings is 1. The zero-order valence-electron chi connectivity index (χ0n) is 15.0. The molecule has 6 heteroatoms. The Morgan fingerprint density at radius 1 is 1.12 bits per heavy atom. The Morgan fingerprint density at radius 3 is 2.25 bits per heavy atom. The van der Waals surface area contributed by atoms with Gasteiger partial charge in [-0.2, -0.15) is 0 Å². The molecular weight excluding hydrogens is 304 g/mol. The van der Waals surface area contributed by atoms with Crippen LogP contribution in [0.3, 0.4) is 0 Å². The highest BCUT2D eigenvalue weighted by atomic mass is 16.2. The van der Waals surface area contributed by atoms with E-state index in [9.17, 15) is 9.59 Å². The van der Waals surface area contributed by atoms with Crippen LogP contribution in [0.4, 0.5) is 10.5 Å². The van der Waals surface area contributed by atoms with Gasteiger partial charge < -0.3 is 20.9 Å². The van der Waals surface area contributed by atoms with Crippen molar-refractivity contribution in [1.29, 1.82) is 0 Å². The summed E-state index contributed by atoms with van der Waals surface area (Å²) in [4.78, 5) is 28.3. The van der Waals surface area contributed by atoms with E-state index in [0.29, 0.717) is 26.2 Å². The average Bonchev–Trinajstić information content (AvgIpc) is 2.52. The minimum absolute atomic E-state index is 0.0405. The Kier molecular flexibility index (Phi) is 5.49. The quantitative estimate of drug-likeness (QED) is 0.870. The second kappa shape index (κ2) is 7.21. The van der Waals surface area contributed by atoms with Gasteiger partial charge in [0.05, 0.1) is 6.04 Å². The molecule has 1 aliphatic rings. The van der Waals surface area contributed by atoms with Crippen LogP contribution in [0.5, 0.6) is 0 Å². The fourth-order valence-corrected chi connectivity index (χ4v) is 2.62. The van der Waals surface area contributed by atoms with Crippen LogP contribution in [-0.4, -0.2) is 54.0 Å². The van der Waals surface area contributed by atoms with Crippen molar-refractivity contribution in [3.63, 3.8) is 0 Å². The van der Waals surface area contributed by atoms with E-state index in [2.05, 4.69) is 5.32 Å². The van der Waals surface area contributed by atoms with Gasteiger partial charge in [-0.1, -0.05) is 32.9 Å². The molecule has 1 aromatic carbocycles. The monoisotopic (exact) mass is 332 g/mol. The van der Waals surface area contributed by atoms with Crippen molar-refractivity contribution in [2.75, 3.05) is 31.5 Å². The molecule has 0 aliphatic carbocycles. The highest BCUT2D eigenvalue weighted by Crippen LogP contribution is 2.20. The van der Waals surface area contributed by atoms with Crippen molar-refractivity contribution in [2.45, 2.75) is 33.7 Å². The third kappa shape index (κ3) is 4.47. The summed E-state index contributed by atoms with van der Waals surface area (Å²) in [7, 11) is 0. The normalized spacial score (nSPS) is 16.7. The summed E-state index contributed by atoms with van der Waals surface area (Å²) in [6.45, 7) is 9.93. The van der Waals surface area contributed by atoms with Crippen LogP contribution in [-0.2, 0) is 4.79 Å². The number of amides is 3. The zero-order chi connectivity index (χ0) is 17.9. The standard InChI is InChI=1S/C18H28N4O2/c1-13-6-5-7-14(12-13)20-17(24)22-10-8-21(9-11-22)16(23)15(19)18(2,3)4/h5-7,12,15H,8-11,19H2,1-4H3,(H,20,24)/t15-/m1/s1. The molecule has 132 valence electrons. The molecule has 24 heavy (non-hydrogen) atoms. The van der Waals surface area contributed by atoms with Crippen LogP contribution in [0.2, 0.25) is 0 Å². The van der Waals surface area contributed by atoms with Crippen molar-refractivity contribution in [2.24, 2.45) is 11.1 Å². The van der Waals surface area contributed by atoms with Gasteiger partial charge in [0, 0.05) is 31.9 Å². The summed E-state index contributed by atoms with van der Waals surface area (Å²) in [5.41, 5.74) is 7.67. The summed E-state index contributed by atoms with van der Waals surface area (Å²) in [6.07, 6.45) is 0. The lowest BCUT2D eigenvalue weighted by atomic mass is 9.86. The minimum Gasteiger partial charge on any atom is -0.338 e. The maximum atomic E-state index is 12.4. The molecule has 6 nitrogen and oxygen atoms in total. The third-order valence-electron chi connectivity index (χ3n) is 4.35. The fraction of sp³-hybridized carbons (Fsp3) is 0.556. The van der Waals surface area contributed by atoms with Crippen molar-refractivity contribution in [1.82, 2.24) is 9.80 Å².